The molecule has 0 bridgehead atoms. The molecule has 37 heavy (non-hydrogen) atoms. The number of nitrogens with zero attached hydrogens (tertiary/aromatic N) is 2. The summed E-state index contributed by atoms with van der Waals surface area (Å²) in [5.74, 6) is 0.485. The lowest BCUT2D eigenvalue weighted by Crippen LogP contribution is -2.32. The van der Waals surface area contributed by atoms with Gasteiger partial charge in [0, 0.05) is 18.2 Å². The molecule has 0 atom stereocenters. The molecular formula is C26H19ClN2O7S. The van der Waals surface area contributed by atoms with E-state index < -0.39 is 20.6 Å². The summed E-state index contributed by atoms with van der Waals surface area (Å²) in [5, 5.41) is 11.3. The Labute approximate surface area is 217 Å². The molecule has 0 saturated carbocycles. The average molecular weight is 539 g/mol. The fraction of sp³-hybridized carbons (Fsp3) is 0.0385. The maximum atomic E-state index is 13.0. The fourth-order valence-corrected chi connectivity index (χ4v) is 4.59. The third-order valence-electron chi connectivity index (χ3n) is 5.26. The number of pyridine rings is 1. The number of methoxy groups -OCH3 is 1. The lowest BCUT2D eigenvalue weighted by atomic mass is 10.1. The van der Waals surface area contributed by atoms with Gasteiger partial charge in [-0.2, -0.15) is 8.42 Å². The maximum Gasteiger partial charge on any atom is 0.357 e. The van der Waals surface area contributed by atoms with Crippen molar-refractivity contribution < 1.29 is 22.4 Å². The molecule has 0 fully saturated rings. The molecule has 0 spiro atoms. The minimum Gasteiger partial charge on any atom is -0.495 e. The fourth-order valence-electron chi connectivity index (χ4n) is 3.41. The number of hydrogen-bond acceptors (Lipinski definition) is 7. The van der Waals surface area contributed by atoms with E-state index in [9.17, 15) is 23.3 Å². The molecule has 0 N–H and O–H groups in total. The molecule has 0 aliphatic rings. The van der Waals surface area contributed by atoms with Crippen molar-refractivity contribution in [2.45, 2.75) is 4.90 Å². The summed E-state index contributed by atoms with van der Waals surface area (Å²) in [6, 6.07) is 21.1. The van der Waals surface area contributed by atoms with Crippen LogP contribution in [0.4, 0.5) is 5.69 Å². The zero-order chi connectivity index (χ0) is 26.6. The van der Waals surface area contributed by atoms with Crippen molar-refractivity contribution in [3.8, 4) is 16.9 Å². The minimum atomic E-state index is -4.51. The van der Waals surface area contributed by atoms with Crippen molar-refractivity contribution >= 4 is 39.6 Å². The predicted molar refractivity (Wildman–Crippen MR) is 140 cm³/mol. The Morgan fingerprint density at radius 1 is 0.919 bits per heavy atom. The smallest absolute Gasteiger partial charge is 0.357 e. The summed E-state index contributed by atoms with van der Waals surface area (Å²) in [4.78, 5) is 22.9. The van der Waals surface area contributed by atoms with Gasteiger partial charge in [0.1, 0.15) is 10.6 Å². The Morgan fingerprint density at radius 2 is 1.62 bits per heavy atom. The first-order valence-corrected chi connectivity index (χ1v) is 12.5. The molecule has 11 heteroatoms. The van der Waals surface area contributed by atoms with E-state index in [4.69, 9.17) is 20.6 Å². The summed E-state index contributed by atoms with van der Waals surface area (Å²) in [6.45, 7) is 0. The second kappa shape index (κ2) is 10.7. The summed E-state index contributed by atoms with van der Waals surface area (Å²) in [6.07, 6.45) is 3.14. The number of benzene rings is 3. The molecule has 1 heterocycles. The zero-order valence-corrected chi connectivity index (χ0v) is 20.8. The first-order chi connectivity index (χ1) is 17.7. The van der Waals surface area contributed by atoms with Crippen LogP contribution in [0.1, 0.15) is 11.3 Å². The monoisotopic (exact) mass is 538 g/mol. The van der Waals surface area contributed by atoms with Gasteiger partial charge in [0.2, 0.25) is 0 Å². The molecule has 188 valence electrons. The molecule has 0 amide bonds. The Bertz CT molecular complexity index is 1650. The van der Waals surface area contributed by atoms with Crippen LogP contribution >= 0.6 is 11.6 Å². The Morgan fingerprint density at radius 3 is 2.24 bits per heavy atom. The van der Waals surface area contributed by atoms with Gasteiger partial charge in [0.05, 0.1) is 22.7 Å². The lowest BCUT2D eigenvalue weighted by molar-refractivity contribution is -0.384. The molecule has 4 rings (SSSR count). The molecular weight excluding hydrogens is 520 g/mol. The molecule has 9 nitrogen and oxygen atoms in total. The summed E-state index contributed by atoms with van der Waals surface area (Å²) < 4.78 is 36.8. The molecule has 0 radical (unpaired) electrons. The molecule has 0 aliphatic carbocycles. The van der Waals surface area contributed by atoms with E-state index in [-0.39, 0.29) is 16.3 Å². The van der Waals surface area contributed by atoms with Crippen LogP contribution in [-0.2, 0) is 10.1 Å². The summed E-state index contributed by atoms with van der Waals surface area (Å²) >= 11 is 6.20. The predicted octanol–water partition coefficient (Wildman–Crippen LogP) is 5.07. The number of rotatable bonds is 8. The van der Waals surface area contributed by atoms with Crippen molar-refractivity contribution in [3.05, 3.63) is 122 Å². The van der Waals surface area contributed by atoms with Crippen LogP contribution < -0.4 is 14.6 Å². The van der Waals surface area contributed by atoms with E-state index >= 15 is 0 Å². The molecule has 4 aromatic rings. The summed E-state index contributed by atoms with van der Waals surface area (Å²) in [7, 11) is -3.01. The van der Waals surface area contributed by atoms with Gasteiger partial charge in [-0.05, 0) is 53.1 Å². The first-order valence-electron chi connectivity index (χ1n) is 10.7. The highest BCUT2D eigenvalue weighted by Gasteiger charge is 2.21. The highest BCUT2D eigenvalue weighted by Crippen LogP contribution is 2.26. The Hall–Kier alpha value is -4.41. The van der Waals surface area contributed by atoms with Crippen molar-refractivity contribution in [3.63, 3.8) is 0 Å². The van der Waals surface area contributed by atoms with Gasteiger partial charge in [0.25, 0.3) is 11.2 Å². The van der Waals surface area contributed by atoms with E-state index in [1.54, 1.807) is 30.3 Å². The van der Waals surface area contributed by atoms with Gasteiger partial charge < -0.3 is 4.74 Å². The van der Waals surface area contributed by atoms with E-state index in [0.717, 1.165) is 29.8 Å². The van der Waals surface area contributed by atoms with Crippen molar-refractivity contribution in [1.82, 2.24) is 4.73 Å². The number of nitro groups is 1. The van der Waals surface area contributed by atoms with Gasteiger partial charge in [-0.15, -0.1) is 4.73 Å². The van der Waals surface area contributed by atoms with Crippen LogP contribution in [-0.4, -0.2) is 25.2 Å². The van der Waals surface area contributed by atoms with E-state index in [2.05, 4.69) is 0 Å². The SMILES string of the molecule is COc1ccc(/C=C/c2cc(-c3ccccc3)cc(=O)n2OS(=O)(=O)c2ccc([N+](=O)[O-])cc2)cc1Cl. The average Bonchev–Trinajstić information content (AvgIpc) is 2.89. The number of nitro benzene ring substituents is 1. The quantitative estimate of drug-likeness (QED) is 0.227. The van der Waals surface area contributed by atoms with Crippen LogP contribution in [0.25, 0.3) is 23.3 Å². The standard InChI is InChI=1S/C26H19ClN2O7S/c1-35-25-14-8-18(15-24(25)27)7-9-22-16-20(19-5-3-2-4-6-19)17-26(30)28(22)36-37(33,34)23-12-10-21(11-13-23)29(31)32/h2-17H,1H3/b9-7+. The Balaban J connectivity index is 1.78. The Kier molecular flexibility index (Phi) is 7.42. The second-order valence-electron chi connectivity index (χ2n) is 7.67. The van der Waals surface area contributed by atoms with E-state index in [0.29, 0.717) is 26.6 Å². The number of aromatic nitrogens is 1. The van der Waals surface area contributed by atoms with Crippen molar-refractivity contribution in [2.75, 3.05) is 7.11 Å². The molecule has 0 saturated heterocycles. The molecule has 3 aromatic carbocycles. The van der Waals surface area contributed by atoms with Gasteiger partial charge in [-0.1, -0.05) is 54.1 Å². The van der Waals surface area contributed by atoms with Crippen molar-refractivity contribution in [1.29, 1.82) is 0 Å². The number of halogens is 1. The lowest BCUT2D eigenvalue weighted by Gasteiger charge is -2.13. The van der Waals surface area contributed by atoms with Crippen LogP contribution in [0.5, 0.6) is 5.75 Å². The third kappa shape index (κ3) is 5.88. The van der Waals surface area contributed by atoms with Gasteiger partial charge in [-0.3, -0.25) is 19.2 Å². The number of ether oxygens (including phenoxy) is 1. The van der Waals surface area contributed by atoms with E-state index in [1.165, 1.54) is 19.3 Å². The van der Waals surface area contributed by atoms with Crippen LogP contribution in [0.3, 0.4) is 0 Å². The second-order valence-corrected chi connectivity index (χ2v) is 9.61. The largest absolute Gasteiger partial charge is 0.495 e. The zero-order valence-electron chi connectivity index (χ0n) is 19.3. The number of non-ortho nitro benzene ring substituents is 1. The van der Waals surface area contributed by atoms with Gasteiger partial charge in [0.15, 0.2) is 0 Å². The summed E-state index contributed by atoms with van der Waals surface area (Å²) in [5.41, 5.74) is 1.05. The van der Waals surface area contributed by atoms with Gasteiger partial charge >= 0.3 is 10.1 Å². The van der Waals surface area contributed by atoms with Crippen molar-refractivity contribution in [2.24, 2.45) is 0 Å². The number of hydrogen-bond donors (Lipinski definition) is 0. The normalized spacial score (nSPS) is 11.4. The van der Waals surface area contributed by atoms with Crippen LogP contribution in [0.2, 0.25) is 5.02 Å². The minimum absolute atomic E-state index is 0.129. The molecule has 0 aliphatic heterocycles. The van der Waals surface area contributed by atoms with Gasteiger partial charge in [-0.25, -0.2) is 0 Å². The topological polar surface area (TPSA) is 118 Å². The maximum absolute atomic E-state index is 13.0. The molecule has 1 aromatic heterocycles. The highest BCUT2D eigenvalue weighted by molar-refractivity contribution is 7.87. The molecule has 0 unspecified atom stereocenters. The van der Waals surface area contributed by atoms with E-state index in [1.807, 2.05) is 30.3 Å². The van der Waals surface area contributed by atoms with Crippen LogP contribution in [0, 0.1) is 10.1 Å². The highest BCUT2D eigenvalue weighted by atomic mass is 35.5. The third-order valence-corrected chi connectivity index (χ3v) is 6.75. The first kappa shape index (κ1) is 25.7. The van der Waals surface area contributed by atoms with Crippen LogP contribution in [0.15, 0.2) is 94.6 Å².